The van der Waals surface area contributed by atoms with Crippen molar-refractivity contribution in [2.75, 3.05) is 10.6 Å². The molecule has 42 heavy (non-hydrogen) atoms. The summed E-state index contributed by atoms with van der Waals surface area (Å²) in [6, 6.07) is 28.7. The molecule has 10 heteroatoms. The number of aromatic carboxylic acids is 1. The summed E-state index contributed by atoms with van der Waals surface area (Å²) in [4.78, 5) is 51.0. The molecule has 1 unspecified atom stereocenters. The van der Waals surface area contributed by atoms with E-state index in [9.17, 15) is 24.3 Å². The van der Waals surface area contributed by atoms with Gasteiger partial charge in [-0.2, -0.15) is 0 Å². The lowest BCUT2D eigenvalue weighted by atomic mass is 10.1. The Morgan fingerprint density at radius 1 is 0.810 bits per heavy atom. The van der Waals surface area contributed by atoms with Crippen molar-refractivity contribution in [3.63, 3.8) is 0 Å². The number of anilines is 2. The Hall–Kier alpha value is -4.86. The molecule has 1 atom stereocenters. The number of carbonyl (C=O) groups excluding carboxylic acids is 3. The lowest BCUT2D eigenvalue weighted by Crippen LogP contribution is -2.30. The van der Waals surface area contributed by atoms with E-state index in [4.69, 9.17) is 11.6 Å². The first-order valence-corrected chi connectivity index (χ1v) is 14.0. The van der Waals surface area contributed by atoms with E-state index in [1.807, 2.05) is 30.3 Å². The van der Waals surface area contributed by atoms with Crippen LogP contribution < -0.4 is 16.0 Å². The summed E-state index contributed by atoms with van der Waals surface area (Å²) >= 11 is 7.38. The molecule has 0 spiro atoms. The van der Waals surface area contributed by atoms with Gasteiger partial charge in [0.15, 0.2) is 0 Å². The minimum atomic E-state index is -1.13. The van der Waals surface area contributed by atoms with E-state index in [1.54, 1.807) is 67.6 Å². The van der Waals surface area contributed by atoms with Gasteiger partial charge in [-0.1, -0.05) is 66.2 Å². The molecule has 0 aliphatic carbocycles. The minimum absolute atomic E-state index is 0.000842. The highest BCUT2D eigenvalue weighted by Crippen LogP contribution is 2.29. The average Bonchev–Trinajstić information content (AvgIpc) is 2.98. The number of carbonyl (C=O) groups is 4. The summed E-state index contributed by atoms with van der Waals surface area (Å²) < 4.78 is 0. The first-order valence-electron chi connectivity index (χ1n) is 12.7. The van der Waals surface area contributed by atoms with Gasteiger partial charge in [-0.05, 0) is 67.1 Å². The van der Waals surface area contributed by atoms with Crippen molar-refractivity contribution in [3.8, 4) is 0 Å². The fourth-order valence-corrected chi connectivity index (χ4v) is 4.84. The van der Waals surface area contributed by atoms with Crippen molar-refractivity contribution in [2.45, 2.75) is 17.1 Å². The predicted molar refractivity (Wildman–Crippen MR) is 166 cm³/mol. The molecule has 0 aliphatic rings. The van der Waals surface area contributed by atoms with Crippen molar-refractivity contribution >= 4 is 64.5 Å². The van der Waals surface area contributed by atoms with Crippen LogP contribution in [-0.4, -0.2) is 34.0 Å². The van der Waals surface area contributed by atoms with E-state index >= 15 is 0 Å². The molecule has 0 fully saturated rings. The van der Waals surface area contributed by atoms with E-state index in [-0.39, 0.29) is 27.9 Å². The smallest absolute Gasteiger partial charge is 0.335 e. The summed E-state index contributed by atoms with van der Waals surface area (Å²) in [6.07, 6.45) is 1.59. The van der Waals surface area contributed by atoms with Crippen molar-refractivity contribution in [3.05, 3.63) is 131 Å². The van der Waals surface area contributed by atoms with Crippen molar-refractivity contribution in [1.82, 2.24) is 5.32 Å². The normalized spacial score (nSPS) is 11.7. The highest BCUT2D eigenvalue weighted by molar-refractivity contribution is 8.00. The van der Waals surface area contributed by atoms with Crippen LogP contribution in [0.2, 0.25) is 5.02 Å². The molecule has 0 saturated carbocycles. The average molecular weight is 600 g/mol. The number of nitrogens with one attached hydrogen (secondary N) is 3. The van der Waals surface area contributed by atoms with Crippen LogP contribution in [-0.2, 0) is 9.59 Å². The predicted octanol–water partition coefficient (Wildman–Crippen LogP) is 6.57. The van der Waals surface area contributed by atoms with Gasteiger partial charge < -0.3 is 21.1 Å². The Balaban J connectivity index is 1.46. The monoisotopic (exact) mass is 599 g/mol. The van der Waals surface area contributed by atoms with Crippen molar-refractivity contribution in [2.24, 2.45) is 0 Å². The lowest BCUT2D eigenvalue weighted by molar-refractivity contribution is -0.115. The zero-order chi connectivity index (χ0) is 30.1. The van der Waals surface area contributed by atoms with Crippen LogP contribution in [0.25, 0.3) is 6.08 Å². The Morgan fingerprint density at radius 3 is 2.19 bits per heavy atom. The molecule has 0 aromatic heterocycles. The molecule has 4 aromatic rings. The van der Waals surface area contributed by atoms with Gasteiger partial charge in [-0.3, -0.25) is 14.4 Å². The molecule has 4 aromatic carbocycles. The summed E-state index contributed by atoms with van der Waals surface area (Å²) in [7, 11) is 0. The van der Waals surface area contributed by atoms with Gasteiger partial charge in [0.2, 0.25) is 5.91 Å². The van der Waals surface area contributed by atoms with E-state index < -0.39 is 23.0 Å². The molecule has 0 bridgehead atoms. The molecule has 4 rings (SSSR count). The van der Waals surface area contributed by atoms with Gasteiger partial charge in [0.05, 0.1) is 21.5 Å². The number of halogens is 1. The van der Waals surface area contributed by atoms with Gasteiger partial charge in [-0.25, -0.2) is 4.79 Å². The largest absolute Gasteiger partial charge is 0.478 e. The van der Waals surface area contributed by atoms with E-state index in [0.717, 1.165) is 5.56 Å². The van der Waals surface area contributed by atoms with Crippen LogP contribution in [0.4, 0.5) is 11.4 Å². The van der Waals surface area contributed by atoms with Crippen molar-refractivity contribution in [1.29, 1.82) is 0 Å². The van der Waals surface area contributed by atoms with Gasteiger partial charge in [0, 0.05) is 16.1 Å². The zero-order valence-corrected chi connectivity index (χ0v) is 23.9. The molecule has 0 aliphatic heterocycles. The quantitative estimate of drug-likeness (QED) is 0.121. The first-order chi connectivity index (χ1) is 20.2. The van der Waals surface area contributed by atoms with Crippen LogP contribution in [0.1, 0.15) is 33.2 Å². The van der Waals surface area contributed by atoms with Gasteiger partial charge in [0.25, 0.3) is 11.8 Å². The number of thioether (sulfide) groups is 1. The van der Waals surface area contributed by atoms with E-state index in [1.165, 1.54) is 30.0 Å². The van der Waals surface area contributed by atoms with Crippen LogP contribution in [0, 0.1) is 0 Å². The Morgan fingerprint density at radius 2 is 1.50 bits per heavy atom. The molecule has 4 N–H and O–H groups in total. The third-order valence-electron chi connectivity index (χ3n) is 5.88. The highest BCUT2D eigenvalue weighted by Gasteiger charge is 2.19. The lowest BCUT2D eigenvalue weighted by Gasteiger charge is -2.15. The maximum Gasteiger partial charge on any atom is 0.335 e. The zero-order valence-electron chi connectivity index (χ0n) is 22.3. The molecule has 3 amide bonds. The number of rotatable bonds is 10. The van der Waals surface area contributed by atoms with Crippen LogP contribution in [0.3, 0.4) is 0 Å². The number of carboxylic acids is 1. The molecule has 0 radical (unpaired) electrons. The summed E-state index contributed by atoms with van der Waals surface area (Å²) in [6.45, 7) is 1.69. The fraction of sp³-hybridized carbons (Fsp3) is 0.0625. The van der Waals surface area contributed by atoms with Crippen LogP contribution in [0.5, 0.6) is 0 Å². The summed E-state index contributed by atoms with van der Waals surface area (Å²) in [5, 5.41) is 17.0. The second kappa shape index (κ2) is 14.2. The molecular weight excluding hydrogens is 574 g/mol. The Kier molecular flexibility index (Phi) is 10.1. The first kappa shape index (κ1) is 30.1. The number of carboxylic acid groups (broad SMARTS) is 1. The third kappa shape index (κ3) is 8.33. The molecule has 212 valence electrons. The third-order valence-corrected chi connectivity index (χ3v) is 7.31. The second-order valence-corrected chi connectivity index (χ2v) is 10.8. The van der Waals surface area contributed by atoms with Crippen LogP contribution >= 0.6 is 23.4 Å². The van der Waals surface area contributed by atoms with Crippen molar-refractivity contribution < 1.29 is 24.3 Å². The molecule has 0 heterocycles. The number of hydrogen-bond donors (Lipinski definition) is 4. The maximum atomic E-state index is 13.3. The summed E-state index contributed by atoms with van der Waals surface area (Å²) in [5.41, 5.74) is 1.86. The maximum absolute atomic E-state index is 13.3. The minimum Gasteiger partial charge on any atom is -0.478 e. The molecule has 0 saturated heterocycles. The molecular formula is C32H26ClN3O5S. The fourth-order valence-electron chi connectivity index (χ4n) is 3.75. The Bertz CT molecular complexity index is 1640. The van der Waals surface area contributed by atoms with Gasteiger partial charge >= 0.3 is 5.97 Å². The number of amides is 3. The standard InChI is InChI=1S/C32H26ClN3O5S/c1-20(29(37)35-27-18-23(32(40)41)15-16-26(27)33)42-25-14-8-13-24(19-25)34-31(39)28(17-21-9-4-2-5-10-21)36-30(38)22-11-6-3-7-12-22/h2-20H,1H3,(H,34,39)(H,35,37)(H,36,38)(H,40,41)/b28-17-. The SMILES string of the molecule is CC(Sc1cccc(NC(=O)/C(=C/c2ccccc2)NC(=O)c2ccccc2)c1)C(=O)Nc1cc(C(=O)O)ccc1Cl. The van der Waals surface area contributed by atoms with Gasteiger partial charge in [0.1, 0.15) is 5.70 Å². The van der Waals surface area contributed by atoms with E-state index in [0.29, 0.717) is 16.1 Å². The summed E-state index contributed by atoms with van der Waals surface area (Å²) in [5.74, 6) is -2.46. The number of benzene rings is 4. The number of hydrogen-bond acceptors (Lipinski definition) is 5. The molecule has 8 nitrogen and oxygen atoms in total. The van der Waals surface area contributed by atoms with E-state index in [2.05, 4.69) is 16.0 Å². The Labute approximate surface area is 251 Å². The topological polar surface area (TPSA) is 125 Å². The second-order valence-electron chi connectivity index (χ2n) is 9.02. The highest BCUT2D eigenvalue weighted by atomic mass is 35.5. The van der Waals surface area contributed by atoms with Crippen LogP contribution in [0.15, 0.2) is 114 Å². The van der Waals surface area contributed by atoms with Gasteiger partial charge in [-0.15, -0.1) is 11.8 Å².